The topological polar surface area (TPSA) is 90.9 Å². The molecule has 0 atom stereocenters. The number of hydrogen-bond acceptors (Lipinski definition) is 4. The van der Waals surface area contributed by atoms with Gasteiger partial charge < -0.3 is 10.3 Å². The standard InChI is InChI=1S/C39H30N4O2/c40-38(45)35-23-21-33-34(42-35)22-20-28(37(33)44)24-27-12-10-11-19-32(27)36-25-43(26-41-36)39(29-13-4-1-5-14-29,30-15-6-2-7-16-30)31-17-8-3-9-18-31/h1-19,21,23-26H,20,22H2,(H2,40,45)/b28-24+. The molecule has 2 heterocycles. The van der Waals surface area contributed by atoms with Crippen molar-refractivity contribution in [3.05, 3.63) is 185 Å². The van der Waals surface area contributed by atoms with E-state index in [0.717, 1.165) is 33.5 Å². The number of nitrogens with two attached hydrogens (primary N) is 1. The molecule has 4 aromatic carbocycles. The second kappa shape index (κ2) is 11.7. The molecule has 0 saturated heterocycles. The number of pyridine rings is 1. The van der Waals surface area contributed by atoms with E-state index in [4.69, 9.17) is 10.7 Å². The Morgan fingerprint density at radius 2 is 1.29 bits per heavy atom. The summed E-state index contributed by atoms with van der Waals surface area (Å²) in [5.41, 5.74) is 12.7. The van der Waals surface area contributed by atoms with Crippen molar-refractivity contribution in [2.45, 2.75) is 18.4 Å². The van der Waals surface area contributed by atoms with Gasteiger partial charge in [0.15, 0.2) is 5.78 Å². The first-order chi connectivity index (χ1) is 22.1. The molecule has 7 rings (SSSR count). The lowest BCUT2D eigenvalue weighted by molar-refractivity contribution is 0.0989. The summed E-state index contributed by atoms with van der Waals surface area (Å²) >= 11 is 0. The number of nitrogens with zero attached hydrogens (tertiary/aromatic N) is 3. The number of aromatic nitrogens is 3. The van der Waals surface area contributed by atoms with Crippen LogP contribution in [0.25, 0.3) is 17.3 Å². The summed E-state index contributed by atoms with van der Waals surface area (Å²) in [7, 11) is 0. The molecule has 2 N–H and O–H groups in total. The van der Waals surface area contributed by atoms with Crippen LogP contribution in [0.15, 0.2) is 145 Å². The Labute approximate surface area is 261 Å². The summed E-state index contributed by atoms with van der Waals surface area (Å²) in [6, 6.07) is 42.6. The summed E-state index contributed by atoms with van der Waals surface area (Å²) in [6.07, 6.45) is 7.02. The van der Waals surface area contributed by atoms with Crippen LogP contribution in [0.1, 0.15) is 55.2 Å². The van der Waals surface area contributed by atoms with Crippen molar-refractivity contribution >= 4 is 17.8 Å². The lowest BCUT2D eigenvalue weighted by Crippen LogP contribution is -2.36. The molecule has 1 aliphatic rings. The first-order valence-corrected chi connectivity index (χ1v) is 14.9. The fourth-order valence-electron chi connectivity index (χ4n) is 6.39. The van der Waals surface area contributed by atoms with Crippen molar-refractivity contribution in [3.8, 4) is 11.3 Å². The van der Waals surface area contributed by atoms with Crippen molar-refractivity contribution in [1.29, 1.82) is 0 Å². The van der Waals surface area contributed by atoms with Gasteiger partial charge in [-0.3, -0.25) is 9.59 Å². The predicted molar refractivity (Wildman–Crippen MR) is 176 cm³/mol. The van der Waals surface area contributed by atoms with E-state index >= 15 is 0 Å². The Morgan fingerprint density at radius 1 is 0.711 bits per heavy atom. The molecule has 0 spiro atoms. The van der Waals surface area contributed by atoms with Gasteiger partial charge in [-0.15, -0.1) is 0 Å². The van der Waals surface area contributed by atoms with Crippen LogP contribution in [-0.4, -0.2) is 26.2 Å². The smallest absolute Gasteiger partial charge is 0.267 e. The summed E-state index contributed by atoms with van der Waals surface area (Å²) in [5.74, 6) is -0.688. The second-order valence-corrected chi connectivity index (χ2v) is 11.1. The van der Waals surface area contributed by atoms with Gasteiger partial charge in [-0.25, -0.2) is 9.97 Å². The molecule has 0 aliphatic heterocycles. The maximum Gasteiger partial charge on any atom is 0.267 e. The number of rotatable bonds is 7. The van der Waals surface area contributed by atoms with Gasteiger partial charge in [-0.2, -0.15) is 0 Å². The number of amides is 1. The van der Waals surface area contributed by atoms with Gasteiger partial charge in [-0.1, -0.05) is 115 Å². The molecule has 6 aromatic rings. The zero-order valence-corrected chi connectivity index (χ0v) is 24.5. The first kappa shape index (κ1) is 27.9. The van der Waals surface area contributed by atoms with Crippen LogP contribution >= 0.6 is 0 Å². The van der Waals surface area contributed by atoms with Gasteiger partial charge >= 0.3 is 0 Å². The second-order valence-electron chi connectivity index (χ2n) is 11.1. The Hall–Kier alpha value is -5.88. The number of primary amides is 1. The number of hydrogen-bond donors (Lipinski definition) is 1. The number of carbonyl (C=O) groups excluding carboxylic acids is 2. The third-order valence-corrected chi connectivity index (χ3v) is 8.51. The van der Waals surface area contributed by atoms with Gasteiger partial charge in [0.2, 0.25) is 0 Å². The average Bonchev–Trinajstić information content (AvgIpc) is 3.58. The van der Waals surface area contributed by atoms with Crippen molar-refractivity contribution in [3.63, 3.8) is 0 Å². The number of imidazole rings is 1. The summed E-state index contributed by atoms with van der Waals surface area (Å²) in [4.78, 5) is 34.4. The SMILES string of the molecule is NC(=O)c1ccc2c(n1)CC/C(=C\c1ccccc1-c1cn(C(c3ccccc3)(c3ccccc3)c3ccccc3)cn1)C2=O. The molecule has 0 unspecified atom stereocenters. The van der Waals surface area contributed by atoms with E-state index in [9.17, 15) is 9.59 Å². The zero-order chi connectivity index (χ0) is 30.8. The number of carbonyl (C=O) groups is 2. The summed E-state index contributed by atoms with van der Waals surface area (Å²) in [6.45, 7) is 0. The first-order valence-electron chi connectivity index (χ1n) is 14.9. The van der Waals surface area contributed by atoms with Gasteiger partial charge in [0.1, 0.15) is 11.2 Å². The molecule has 0 fully saturated rings. The fourth-order valence-corrected chi connectivity index (χ4v) is 6.39. The molecule has 1 amide bonds. The number of fused-ring (bicyclic) bond motifs is 1. The minimum atomic E-state index is -0.678. The van der Waals surface area contributed by atoms with Crippen molar-refractivity contribution in [2.75, 3.05) is 0 Å². The van der Waals surface area contributed by atoms with Crippen LogP contribution in [0, 0.1) is 0 Å². The average molecular weight is 587 g/mol. The van der Waals surface area contributed by atoms with E-state index < -0.39 is 11.4 Å². The number of aryl methyl sites for hydroxylation is 1. The molecule has 1 aliphatic carbocycles. The third kappa shape index (κ3) is 4.96. The molecule has 0 radical (unpaired) electrons. The van der Waals surface area contributed by atoms with Crippen molar-refractivity contribution in [1.82, 2.24) is 14.5 Å². The largest absolute Gasteiger partial charge is 0.364 e. The minimum Gasteiger partial charge on any atom is -0.364 e. The monoisotopic (exact) mass is 586 g/mol. The summed E-state index contributed by atoms with van der Waals surface area (Å²) in [5, 5.41) is 0. The normalized spacial score (nSPS) is 13.9. The Morgan fingerprint density at radius 3 is 1.89 bits per heavy atom. The zero-order valence-electron chi connectivity index (χ0n) is 24.5. The predicted octanol–water partition coefficient (Wildman–Crippen LogP) is 7.10. The Balaban J connectivity index is 1.34. The fraction of sp³-hybridized carbons (Fsp3) is 0.0769. The minimum absolute atomic E-state index is 0.0867. The van der Waals surface area contributed by atoms with Crippen LogP contribution in [-0.2, 0) is 12.0 Å². The maximum atomic E-state index is 13.5. The van der Waals surface area contributed by atoms with Crippen LogP contribution in [0.2, 0.25) is 0 Å². The van der Waals surface area contributed by atoms with E-state index in [0.29, 0.717) is 29.7 Å². The van der Waals surface area contributed by atoms with E-state index in [2.05, 4.69) is 88.5 Å². The molecule has 218 valence electrons. The quantitative estimate of drug-likeness (QED) is 0.160. The van der Waals surface area contributed by atoms with Crippen LogP contribution in [0.4, 0.5) is 0 Å². The van der Waals surface area contributed by atoms with Gasteiger partial charge in [0.25, 0.3) is 5.91 Å². The van der Waals surface area contributed by atoms with E-state index in [1.54, 1.807) is 6.07 Å². The van der Waals surface area contributed by atoms with Gasteiger partial charge in [0.05, 0.1) is 17.7 Å². The van der Waals surface area contributed by atoms with Crippen LogP contribution in [0.5, 0.6) is 0 Å². The van der Waals surface area contributed by atoms with E-state index in [1.807, 2.05) is 54.9 Å². The van der Waals surface area contributed by atoms with Gasteiger partial charge in [0, 0.05) is 22.9 Å². The molecular weight excluding hydrogens is 556 g/mol. The van der Waals surface area contributed by atoms with Gasteiger partial charge in [-0.05, 0) is 53.3 Å². The van der Waals surface area contributed by atoms with Crippen LogP contribution in [0.3, 0.4) is 0 Å². The Bertz CT molecular complexity index is 1950. The Kier molecular flexibility index (Phi) is 7.23. The highest BCUT2D eigenvalue weighted by atomic mass is 16.1. The molecule has 45 heavy (non-hydrogen) atoms. The number of allylic oxidation sites excluding steroid dienone is 1. The molecule has 6 heteroatoms. The lowest BCUT2D eigenvalue weighted by Gasteiger charge is -2.37. The van der Waals surface area contributed by atoms with Crippen molar-refractivity contribution < 1.29 is 9.59 Å². The highest BCUT2D eigenvalue weighted by molar-refractivity contribution is 6.13. The lowest BCUT2D eigenvalue weighted by atomic mass is 9.77. The third-order valence-electron chi connectivity index (χ3n) is 8.51. The van der Waals surface area contributed by atoms with E-state index in [-0.39, 0.29) is 11.5 Å². The maximum absolute atomic E-state index is 13.5. The van der Waals surface area contributed by atoms with Crippen LogP contribution < -0.4 is 5.73 Å². The number of benzene rings is 4. The highest BCUT2D eigenvalue weighted by Gasteiger charge is 2.38. The molecular formula is C39H30N4O2. The molecule has 0 saturated carbocycles. The number of ketones is 1. The van der Waals surface area contributed by atoms with Crippen molar-refractivity contribution in [2.24, 2.45) is 5.73 Å². The molecule has 0 bridgehead atoms. The highest BCUT2D eigenvalue weighted by Crippen LogP contribution is 2.41. The molecule has 6 nitrogen and oxygen atoms in total. The van der Waals surface area contributed by atoms with E-state index in [1.165, 1.54) is 6.07 Å². The summed E-state index contributed by atoms with van der Waals surface area (Å²) < 4.78 is 2.19. The molecule has 2 aromatic heterocycles. The number of Topliss-reactive ketones (excluding diaryl/α,β-unsaturated/α-hetero) is 1.